The third-order valence-corrected chi connectivity index (χ3v) is 3.05. The highest BCUT2D eigenvalue weighted by molar-refractivity contribution is 6.30. The van der Waals surface area contributed by atoms with Gasteiger partial charge in [0.05, 0.1) is 7.11 Å². The van der Waals surface area contributed by atoms with Crippen LogP contribution in [-0.2, 0) is 13.2 Å². The van der Waals surface area contributed by atoms with Crippen LogP contribution in [0, 0.1) is 0 Å². The van der Waals surface area contributed by atoms with Gasteiger partial charge in [-0.15, -0.1) is 0 Å². The second-order valence-electron chi connectivity index (χ2n) is 4.06. The number of hydrogen-bond acceptors (Lipinski definition) is 3. The lowest BCUT2D eigenvalue weighted by Crippen LogP contribution is -2.03. The number of nitrogens with two attached hydrogens (primary N) is 1. The summed E-state index contributed by atoms with van der Waals surface area (Å²) >= 11 is 5.98. The third-order valence-electron chi connectivity index (χ3n) is 2.82. The van der Waals surface area contributed by atoms with Crippen LogP contribution in [0.15, 0.2) is 42.5 Å². The predicted octanol–water partition coefficient (Wildman–Crippen LogP) is 3.39. The van der Waals surface area contributed by atoms with E-state index in [0.717, 1.165) is 22.6 Å². The van der Waals surface area contributed by atoms with Crippen molar-refractivity contribution in [1.82, 2.24) is 0 Å². The maximum absolute atomic E-state index is 5.98. The van der Waals surface area contributed by atoms with E-state index in [1.807, 2.05) is 36.4 Å². The average molecular weight is 278 g/mol. The van der Waals surface area contributed by atoms with Gasteiger partial charge in [0.25, 0.3) is 0 Å². The van der Waals surface area contributed by atoms with E-state index in [1.165, 1.54) is 0 Å². The van der Waals surface area contributed by atoms with E-state index in [1.54, 1.807) is 13.2 Å². The average Bonchev–Trinajstić information content (AvgIpc) is 2.45. The van der Waals surface area contributed by atoms with Crippen LogP contribution < -0.4 is 15.2 Å². The highest BCUT2D eigenvalue weighted by Crippen LogP contribution is 2.25. The number of ether oxygens (including phenoxy) is 2. The van der Waals surface area contributed by atoms with Crippen molar-refractivity contribution in [2.45, 2.75) is 13.2 Å². The lowest BCUT2D eigenvalue weighted by molar-refractivity contribution is 0.294. The molecule has 4 heteroatoms. The molecule has 0 atom stereocenters. The molecule has 100 valence electrons. The molecule has 2 aromatic rings. The molecular formula is C15H16ClNO2. The lowest BCUT2D eigenvalue weighted by atomic mass is 10.2. The number of halogens is 1. The van der Waals surface area contributed by atoms with E-state index in [4.69, 9.17) is 26.8 Å². The topological polar surface area (TPSA) is 44.5 Å². The highest BCUT2D eigenvalue weighted by atomic mass is 35.5. The third kappa shape index (κ3) is 3.40. The molecule has 2 aromatic carbocycles. The summed E-state index contributed by atoms with van der Waals surface area (Å²) in [5, 5.41) is 0.659. The predicted molar refractivity (Wildman–Crippen MR) is 76.7 cm³/mol. The molecule has 0 spiro atoms. The summed E-state index contributed by atoms with van der Waals surface area (Å²) in [4.78, 5) is 0. The fraction of sp³-hybridized carbons (Fsp3) is 0.200. The van der Waals surface area contributed by atoms with Crippen molar-refractivity contribution in [1.29, 1.82) is 0 Å². The van der Waals surface area contributed by atoms with E-state index in [0.29, 0.717) is 18.2 Å². The Labute approximate surface area is 117 Å². The van der Waals surface area contributed by atoms with Crippen LogP contribution in [0.2, 0.25) is 5.02 Å². The standard InChI is InChI=1S/C15H16ClNO2/c1-18-14-7-6-13(16)8-12(14)10-19-15-5-3-2-4-11(15)9-17/h2-8H,9-10,17H2,1H3. The van der Waals surface area contributed by atoms with Gasteiger partial charge in [0.1, 0.15) is 18.1 Å². The van der Waals surface area contributed by atoms with E-state index >= 15 is 0 Å². The zero-order valence-corrected chi connectivity index (χ0v) is 11.5. The number of rotatable bonds is 5. The van der Waals surface area contributed by atoms with Crippen molar-refractivity contribution < 1.29 is 9.47 Å². The fourth-order valence-electron chi connectivity index (χ4n) is 1.83. The first-order valence-electron chi connectivity index (χ1n) is 5.97. The van der Waals surface area contributed by atoms with E-state index in [9.17, 15) is 0 Å². The van der Waals surface area contributed by atoms with E-state index < -0.39 is 0 Å². The SMILES string of the molecule is COc1ccc(Cl)cc1COc1ccccc1CN. The Kier molecular flexibility index (Phi) is 4.66. The van der Waals surface area contributed by atoms with Gasteiger partial charge in [-0.25, -0.2) is 0 Å². The summed E-state index contributed by atoms with van der Waals surface area (Å²) in [6.45, 7) is 0.837. The van der Waals surface area contributed by atoms with Crippen LogP contribution in [0.1, 0.15) is 11.1 Å². The molecule has 0 bridgehead atoms. The highest BCUT2D eigenvalue weighted by Gasteiger charge is 2.06. The Morgan fingerprint density at radius 1 is 1.05 bits per heavy atom. The maximum atomic E-state index is 5.98. The minimum atomic E-state index is 0.390. The molecule has 19 heavy (non-hydrogen) atoms. The molecule has 3 nitrogen and oxygen atoms in total. The van der Waals surface area contributed by atoms with Gasteiger partial charge in [0.15, 0.2) is 0 Å². The first kappa shape index (κ1) is 13.7. The lowest BCUT2D eigenvalue weighted by Gasteiger charge is -2.12. The molecular weight excluding hydrogens is 262 g/mol. The molecule has 0 fully saturated rings. The normalized spacial score (nSPS) is 10.3. The molecule has 0 radical (unpaired) electrons. The number of methoxy groups -OCH3 is 1. The zero-order chi connectivity index (χ0) is 13.7. The molecule has 0 saturated carbocycles. The minimum absolute atomic E-state index is 0.390. The van der Waals surface area contributed by atoms with Gasteiger partial charge in [-0.1, -0.05) is 29.8 Å². The van der Waals surface area contributed by atoms with Gasteiger partial charge in [-0.3, -0.25) is 0 Å². The molecule has 0 aromatic heterocycles. The number of hydrogen-bond donors (Lipinski definition) is 1. The van der Waals surface area contributed by atoms with Crippen molar-refractivity contribution in [3.05, 3.63) is 58.6 Å². The van der Waals surface area contributed by atoms with Crippen LogP contribution in [0.3, 0.4) is 0 Å². The van der Waals surface area contributed by atoms with Crippen LogP contribution in [0.5, 0.6) is 11.5 Å². The van der Waals surface area contributed by atoms with Gasteiger partial charge < -0.3 is 15.2 Å². The minimum Gasteiger partial charge on any atom is -0.496 e. The number of para-hydroxylation sites is 1. The number of benzene rings is 2. The Hall–Kier alpha value is -1.71. The largest absolute Gasteiger partial charge is 0.496 e. The van der Waals surface area contributed by atoms with Gasteiger partial charge in [0, 0.05) is 22.7 Å². The first-order valence-corrected chi connectivity index (χ1v) is 6.35. The molecule has 2 rings (SSSR count). The molecule has 0 saturated heterocycles. The Balaban J connectivity index is 2.16. The molecule has 0 heterocycles. The quantitative estimate of drug-likeness (QED) is 0.911. The summed E-state index contributed by atoms with van der Waals surface area (Å²) in [6.07, 6.45) is 0. The molecule has 0 unspecified atom stereocenters. The molecule has 0 aliphatic heterocycles. The second-order valence-corrected chi connectivity index (χ2v) is 4.49. The van der Waals surface area contributed by atoms with Gasteiger partial charge in [-0.2, -0.15) is 0 Å². The van der Waals surface area contributed by atoms with Crippen LogP contribution in [0.25, 0.3) is 0 Å². The molecule has 2 N–H and O–H groups in total. The molecule has 0 aliphatic rings. The zero-order valence-electron chi connectivity index (χ0n) is 10.7. The van der Waals surface area contributed by atoms with Crippen LogP contribution >= 0.6 is 11.6 Å². The first-order chi connectivity index (χ1) is 9.24. The Morgan fingerprint density at radius 2 is 1.84 bits per heavy atom. The molecule has 0 aliphatic carbocycles. The van der Waals surface area contributed by atoms with Gasteiger partial charge in [-0.05, 0) is 24.3 Å². The summed E-state index contributed by atoms with van der Waals surface area (Å²) < 4.78 is 11.1. The maximum Gasteiger partial charge on any atom is 0.125 e. The fourth-order valence-corrected chi connectivity index (χ4v) is 2.02. The van der Waals surface area contributed by atoms with Gasteiger partial charge >= 0.3 is 0 Å². The van der Waals surface area contributed by atoms with Crippen molar-refractivity contribution in [2.75, 3.05) is 7.11 Å². The van der Waals surface area contributed by atoms with Crippen molar-refractivity contribution in [3.63, 3.8) is 0 Å². The van der Waals surface area contributed by atoms with Crippen LogP contribution in [-0.4, -0.2) is 7.11 Å². The summed E-state index contributed by atoms with van der Waals surface area (Å²) in [5.74, 6) is 1.54. The van der Waals surface area contributed by atoms with Gasteiger partial charge in [0.2, 0.25) is 0 Å². The Bertz CT molecular complexity index is 558. The van der Waals surface area contributed by atoms with Crippen LogP contribution in [0.4, 0.5) is 0 Å². The van der Waals surface area contributed by atoms with Crippen molar-refractivity contribution in [2.24, 2.45) is 5.73 Å². The summed E-state index contributed by atoms with van der Waals surface area (Å²) in [5.41, 5.74) is 7.55. The van der Waals surface area contributed by atoms with E-state index in [-0.39, 0.29) is 0 Å². The second kappa shape index (κ2) is 6.45. The smallest absolute Gasteiger partial charge is 0.125 e. The Morgan fingerprint density at radius 3 is 2.58 bits per heavy atom. The van der Waals surface area contributed by atoms with E-state index in [2.05, 4.69) is 0 Å². The van der Waals surface area contributed by atoms with Crippen molar-refractivity contribution in [3.8, 4) is 11.5 Å². The van der Waals surface area contributed by atoms with Crippen molar-refractivity contribution >= 4 is 11.6 Å². The summed E-state index contributed by atoms with van der Waals surface area (Å²) in [7, 11) is 1.63. The summed E-state index contributed by atoms with van der Waals surface area (Å²) in [6, 6.07) is 13.2. The molecule has 0 amide bonds. The monoisotopic (exact) mass is 277 g/mol.